The zero-order chi connectivity index (χ0) is 19.5. The zero-order valence-electron chi connectivity index (χ0n) is 16.8. The van der Waals surface area contributed by atoms with E-state index in [9.17, 15) is 0 Å². The maximum Gasteiger partial charge on any atom is 0.173 e. The first-order valence-electron chi connectivity index (χ1n) is 10.4. The van der Waals surface area contributed by atoms with Gasteiger partial charge in [-0.3, -0.25) is 0 Å². The molecule has 146 valence electrons. The van der Waals surface area contributed by atoms with E-state index in [2.05, 4.69) is 77.7 Å². The van der Waals surface area contributed by atoms with Gasteiger partial charge in [-0.2, -0.15) is 0 Å². The molecule has 0 bridgehead atoms. The molecule has 2 aromatic carbocycles. The molecule has 1 aromatic heterocycles. The van der Waals surface area contributed by atoms with Gasteiger partial charge in [0.15, 0.2) is 5.11 Å². The number of hydrogen-bond donors (Lipinski definition) is 2. The molecular formula is C24H29N3S. The normalized spacial score (nSPS) is 14.5. The molecular weight excluding hydrogens is 362 g/mol. The van der Waals surface area contributed by atoms with E-state index in [4.69, 9.17) is 12.2 Å². The largest absolute Gasteiger partial charge is 0.361 e. The number of aryl methyl sites for hydroxylation is 2. The van der Waals surface area contributed by atoms with Gasteiger partial charge >= 0.3 is 0 Å². The topological polar surface area (TPSA) is 31.1 Å². The van der Waals surface area contributed by atoms with Crippen molar-refractivity contribution in [1.29, 1.82) is 0 Å². The maximum absolute atomic E-state index is 5.96. The Bertz CT molecular complexity index is 969. The number of aromatic nitrogens is 1. The van der Waals surface area contributed by atoms with Crippen molar-refractivity contribution in [2.24, 2.45) is 0 Å². The van der Waals surface area contributed by atoms with E-state index < -0.39 is 0 Å². The highest BCUT2D eigenvalue weighted by molar-refractivity contribution is 7.80. The predicted octanol–water partition coefficient (Wildman–Crippen LogP) is 6.18. The standard InChI is InChI=1S/C24H29N3S/c1-3-18-10-8-9-17(2)23(18)26-24(28)27(20-11-4-5-12-20)16-19-15-25-22-14-7-6-13-21(19)22/h6-10,13-15,20,25H,3-5,11-12,16H2,1-2H3,(H,26,28). The second-order valence-electron chi connectivity index (χ2n) is 7.82. The van der Waals surface area contributed by atoms with Crippen molar-refractivity contribution in [3.05, 3.63) is 65.4 Å². The smallest absolute Gasteiger partial charge is 0.173 e. The van der Waals surface area contributed by atoms with Gasteiger partial charge in [0.1, 0.15) is 0 Å². The molecule has 2 N–H and O–H groups in total. The first-order valence-corrected chi connectivity index (χ1v) is 10.8. The van der Waals surface area contributed by atoms with Crippen LogP contribution in [0.3, 0.4) is 0 Å². The molecule has 1 fully saturated rings. The minimum absolute atomic E-state index is 0.516. The van der Waals surface area contributed by atoms with E-state index in [1.807, 2.05) is 0 Å². The van der Waals surface area contributed by atoms with E-state index in [0.717, 1.165) is 18.1 Å². The molecule has 0 atom stereocenters. The molecule has 0 radical (unpaired) electrons. The van der Waals surface area contributed by atoms with Gasteiger partial charge in [-0.25, -0.2) is 0 Å². The van der Waals surface area contributed by atoms with Crippen molar-refractivity contribution in [1.82, 2.24) is 9.88 Å². The number of para-hydroxylation sites is 2. The number of anilines is 1. The fourth-order valence-corrected chi connectivity index (χ4v) is 4.73. The highest BCUT2D eigenvalue weighted by atomic mass is 32.1. The Morgan fingerprint density at radius 2 is 1.89 bits per heavy atom. The Kier molecular flexibility index (Phi) is 5.67. The van der Waals surface area contributed by atoms with Crippen molar-refractivity contribution < 1.29 is 0 Å². The molecule has 28 heavy (non-hydrogen) atoms. The van der Waals surface area contributed by atoms with Crippen LogP contribution >= 0.6 is 12.2 Å². The van der Waals surface area contributed by atoms with Gasteiger partial charge in [0.25, 0.3) is 0 Å². The molecule has 1 saturated carbocycles. The van der Waals surface area contributed by atoms with Crippen molar-refractivity contribution >= 4 is 33.9 Å². The molecule has 0 unspecified atom stereocenters. The van der Waals surface area contributed by atoms with Crippen molar-refractivity contribution in [2.75, 3.05) is 5.32 Å². The lowest BCUT2D eigenvalue weighted by Crippen LogP contribution is -2.41. The van der Waals surface area contributed by atoms with Crippen LogP contribution in [0.15, 0.2) is 48.7 Å². The van der Waals surface area contributed by atoms with Crippen LogP contribution in [0.5, 0.6) is 0 Å². The Balaban J connectivity index is 1.62. The summed E-state index contributed by atoms with van der Waals surface area (Å²) in [4.78, 5) is 5.83. The number of aromatic amines is 1. The van der Waals surface area contributed by atoms with Crippen molar-refractivity contribution in [2.45, 2.75) is 58.5 Å². The van der Waals surface area contributed by atoms with Crippen LogP contribution in [-0.2, 0) is 13.0 Å². The van der Waals surface area contributed by atoms with E-state index in [1.165, 1.54) is 59.0 Å². The van der Waals surface area contributed by atoms with E-state index in [-0.39, 0.29) is 0 Å². The minimum atomic E-state index is 0.516. The van der Waals surface area contributed by atoms with Crippen LogP contribution in [0, 0.1) is 6.92 Å². The molecule has 4 heteroatoms. The van der Waals surface area contributed by atoms with E-state index in [1.54, 1.807) is 0 Å². The second kappa shape index (κ2) is 8.36. The molecule has 0 saturated heterocycles. The Hall–Kier alpha value is -2.33. The lowest BCUT2D eigenvalue weighted by molar-refractivity contribution is 0.313. The van der Waals surface area contributed by atoms with Gasteiger partial charge in [0, 0.05) is 35.4 Å². The van der Waals surface area contributed by atoms with Gasteiger partial charge < -0.3 is 15.2 Å². The van der Waals surface area contributed by atoms with Crippen LogP contribution < -0.4 is 5.32 Å². The average Bonchev–Trinajstić information content (AvgIpc) is 3.37. The van der Waals surface area contributed by atoms with Crippen LogP contribution in [-0.4, -0.2) is 21.0 Å². The third-order valence-electron chi connectivity index (χ3n) is 6.01. The molecule has 3 aromatic rings. The lowest BCUT2D eigenvalue weighted by Gasteiger charge is -2.32. The fraction of sp³-hybridized carbons (Fsp3) is 0.375. The summed E-state index contributed by atoms with van der Waals surface area (Å²) in [5.41, 5.74) is 6.25. The third-order valence-corrected chi connectivity index (χ3v) is 6.35. The number of rotatable bonds is 5. The predicted molar refractivity (Wildman–Crippen MR) is 123 cm³/mol. The summed E-state index contributed by atoms with van der Waals surface area (Å²) in [6.07, 6.45) is 8.17. The number of nitrogens with zero attached hydrogens (tertiary/aromatic N) is 1. The lowest BCUT2D eigenvalue weighted by atomic mass is 10.1. The Morgan fingerprint density at radius 1 is 1.11 bits per heavy atom. The Labute approximate surface area is 173 Å². The summed E-state index contributed by atoms with van der Waals surface area (Å²) in [6.45, 7) is 5.20. The SMILES string of the molecule is CCc1cccc(C)c1NC(=S)N(Cc1c[nH]c2ccccc12)C1CCCC1. The molecule has 4 rings (SSSR count). The summed E-state index contributed by atoms with van der Waals surface area (Å²) < 4.78 is 0. The molecule has 1 aliphatic carbocycles. The molecule has 1 heterocycles. The summed E-state index contributed by atoms with van der Waals surface area (Å²) in [7, 11) is 0. The van der Waals surface area contributed by atoms with E-state index >= 15 is 0 Å². The fourth-order valence-electron chi connectivity index (χ4n) is 4.41. The zero-order valence-corrected chi connectivity index (χ0v) is 17.6. The molecule has 0 spiro atoms. The molecule has 0 aliphatic heterocycles. The number of fused-ring (bicyclic) bond motifs is 1. The quantitative estimate of drug-likeness (QED) is 0.509. The first kappa shape index (κ1) is 19.0. The molecule has 0 amide bonds. The highest BCUT2D eigenvalue weighted by Gasteiger charge is 2.26. The van der Waals surface area contributed by atoms with Gasteiger partial charge in [0.05, 0.1) is 0 Å². The molecule has 3 nitrogen and oxygen atoms in total. The van der Waals surface area contributed by atoms with Crippen LogP contribution in [0.1, 0.15) is 49.3 Å². The maximum atomic E-state index is 5.96. The van der Waals surface area contributed by atoms with Gasteiger partial charge in [-0.1, -0.05) is 56.2 Å². The summed E-state index contributed by atoms with van der Waals surface area (Å²) in [5, 5.41) is 5.75. The van der Waals surface area contributed by atoms with Gasteiger partial charge in [-0.15, -0.1) is 0 Å². The number of benzene rings is 2. The van der Waals surface area contributed by atoms with Gasteiger partial charge in [-0.05, 0) is 61.2 Å². The monoisotopic (exact) mass is 391 g/mol. The summed E-state index contributed by atoms with van der Waals surface area (Å²) in [5.74, 6) is 0. The Morgan fingerprint density at radius 3 is 2.68 bits per heavy atom. The van der Waals surface area contributed by atoms with Crippen LogP contribution in [0.4, 0.5) is 5.69 Å². The van der Waals surface area contributed by atoms with Crippen LogP contribution in [0.2, 0.25) is 0 Å². The van der Waals surface area contributed by atoms with Gasteiger partial charge in [0.2, 0.25) is 0 Å². The minimum Gasteiger partial charge on any atom is -0.361 e. The number of hydrogen-bond acceptors (Lipinski definition) is 1. The summed E-state index contributed by atoms with van der Waals surface area (Å²) in [6, 6.07) is 15.5. The van der Waals surface area contributed by atoms with Crippen molar-refractivity contribution in [3.8, 4) is 0 Å². The van der Waals surface area contributed by atoms with Crippen molar-refractivity contribution in [3.63, 3.8) is 0 Å². The van der Waals surface area contributed by atoms with Crippen LogP contribution in [0.25, 0.3) is 10.9 Å². The number of H-pyrrole nitrogens is 1. The molecule has 1 aliphatic rings. The third kappa shape index (κ3) is 3.79. The summed E-state index contributed by atoms with van der Waals surface area (Å²) >= 11 is 5.96. The first-order chi connectivity index (χ1) is 13.7. The second-order valence-corrected chi connectivity index (χ2v) is 8.21. The number of thiocarbonyl (C=S) groups is 1. The average molecular weight is 392 g/mol. The van der Waals surface area contributed by atoms with E-state index in [0.29, 0.717) is 6.04 Å². The highest BCUT2D eigenvalue weighted by Crippen LogP contribution is 2.29. The number of nitrogens with one attached hydrogen (secondary N) is 2.